The minimum absolute atomic E-state index is 0. The average molecular weight is 556 g/mol. The fourth-order valence-corrected chi connectivity index (χ4v) is 3.59. The van der Waals surface area contributed by atoms with Crippen LogP contribution in [0.25, 0.3) is 0 Å². The molecule has 1 heterocycles. The van der Waals surface area contributed by atoms with Crippen LogP contribution in [-0.4, -0.2) is 63.3 Å². The molecule has 2 N–H and O–H groups in total. The van der Waals surface area contributed by atoms with Crippen LogP contribution < -0.4 is 10.6 Å². The molecule has 1 saturated heterocycles. The zero-order valence-corrected chi connectivity index (χ0v) is 21.0. The van der Waals surface area contributed by atoms with Gasteiger partial charge >= 0.3 is 6.18 Å². The van der Waals surface area contributed by atoms with E-state index in [2.05, 4.69) is 20.5 Å². The van der Waals surface area contributed by atoms with Crippen molar-refractivity contribution < 1.29 is 17.9 Å². The maximum Gasteiger partial charge on any atom is 0.416 e. The Hall–Kier alpha value is -1.07. The molecule has 0 aromatic heterocycles. The van der Waals surface area contributed by atoms with E-state index in [0.29, 0.717) is 24.6 Å². The Kier molecular flexibility index (Phi) is 12.8. The number of nitrogens with zero attached hydrogens (tertiary/aromatic N) is 2. The van der Waals surface area contributed by atoms with Crippen molar-refractivity contribution in [1.82, 2.24) is 15.5 Å². The Morgan fingerprint density at radius 2 is 2.00 bits per heavy atom. The number of nitrogens with one attached hydrogen (secondary N) is 2. The first kappa shape index (κ1) is 28.0. The quantitative estimate of drug-likeness (QED) is 0.268. The van der Waals surface area contributed by atoms with Crippen LogP contribution in [-0.2, 0) is 10.9 Å². The highest BCUT2D eigenvalue weighted by molar-refractivity contribution is 14.0. The Balaban J connectivity index is 0.00000480. The Morgan fingerprint density at radius 3 is 2.61 bits per heavy atom. The summed E-state index contributed by atoms with van der Waals surface area (Å²) in [6.45, 7) is 9.08. The van der Waals surface area contributed by atoms with Crippen LogP contribution in [0.4, 0.5) is 13.2 Å². The summed E-state index contributed by atoms with van der Waals surface area (Å²) in [6.07, 6.45) is -1.52. The number of benzene rings is 1. The number of hydrogen-bond donors (Lipinski definition) is 2. The van der Waals surface area contributed by atoms with Crippen molar-refractivity contribution in [2.75, 3.05) is 46.4 Å². The highest BCUT2D eigenvalue weighted by Crippen LogP contribution is 2.31. The third-order valence-electron chi connectivity index (χ3n) is 5.50. The number of rotatable bonds is 9. The fourth-order valence-electron chi connectivity index (χ4n) is 3.59. The van der Waals surface area contributed by atoms with Gasteiger partial charge in [-0.1, -0.05) is 25.1 Å². The molecular formula is C22H36F3IN4O. The fraction of sp³-hybridized carbons (Fsp3) is 0.682. The summed E-state index contributed by atoms with van der Waals surface area (Å²) in [5, 5.41) is 6.78. The maximum atomic E-state index is 12.9. The van der Waals surface area contributed by atoms with E-state index in [0.717, 1.165) is 57.7 Å². The van der Waals surface area contributed by atoms with E-state index < -0.39 is 11.7 Å². The number of guanidine groups is 1. The molecule has 0 spiro atoms. The summed E-state index contributed by atoms with van der Waals surface area (Å²) in [4.78, 5) is 7.06. The number of aliphatic imine (C=N–C) groups is 1. The molecule has 0 saturated carbocycles. The molecule has 1 aliphatic rings. The number of piperidine rings is 1. The molecular weight excluding hydrogens is 520 g/mol. The summed E-state index contributed by atoms with van der Waals surface area (Å²) < 4.78 is 43.9. The van der Waals surface area contributed by atoms with Gasteiger partial charge in [-0.25, -0.2) is 0 Å². The monoisotopic (exact) mass is 556 g/mol. The van der Waals surface area contributed by atoms with Gasteiger partial charge in [0, 0.05) is 45.9 Å². The lowest BCUT2D eigenvalue weighted by atomic mass is 9.96. The zero-order chi connectivity index (χ0) is 22.0. The van der Waals surface area contributed by atoms with E-state index in [1.54, 1.807) is 13.2 Å². The number of halogens is 4. The normalized spacial score (nSPS) is 17.2. The van der Waals surface area contributed by atoms with Crippen LogP contribution in [0.5, 0.6) is 0 Å². The van der Waals surface area contributed by atoms with Crippen LogP contribution in [0, 0.1) is 0 Å². The molecule has 1 aromatic rings. The molecule has 1 atom stereocenters. The van der Waals surface area contributed by atoms with Crippen molar-refractivity contribution in [1.29, 1.82) is 0 Å². The summed E-state index contributed by atoms with van der Waals surface area (Å²) in [5.74, 6) is 0.784. The van der Waals surface area contributed by atoms with E-state index in [4.69, 9.17) is 4.74 Å². The number of likely N-dealkylation sites (tertiary alicyclic amines) is 1. The third-order valence-corrected chi connectivity index (χ3v) is 5.50. The van der Waals surface area contributed by atoms with Crippen molar-refractivity contribution >= 4 is 29.9 Å². The second kappa shape index (κ2) is 14.2. The highest BCUT2D eigenvalue weighted by Gasteiger charge is 2.30. The van der Waals surface area contributed by atoms with Gasteiger partial charge in [0.15, 0.2) is 5.96 Å². The Bertz CT molecular complexity index is 664. The van der Waals surface area contributed by atoms with Gasteiger partial charge < -0.3 is 20.3 Å². The lowest BCUT2D eigenvalue weighted by molar-refractivity contribution is -0.137. The van der Waals surface area contributed by atoms with Crippen molar-refractivity contribution in [3.63, 3.8) is 0 Å². The Labute approximate surface area is 201 Å². The molecule has 1 unspecified atom stereocenters. The standard InChI is InChI=1S/C22H35F3N4O.HI/c1-4-26-21(28-20-9-12-29(13-10-20)14-15-30-3)27-11-8-17(2)18-6-5-7-19(16-18)22(23,24)25;/h5-7,16-17,20H,4,8-15H2,1-3H3,(H2,26,27,28);1H. The number of methoxy groups -OCH3 is 1. The molecule has 1 fully saturated rings. The van der Waals surface area contributed by atoms with Crippen molar-refractivity contribution in [2.45, 2.75) is 51.2 Å². The first-order valence-corrected chi connectivity index (χ1v) is 10.8. The average Bonchev–Trinajstić information content (AvgIpc) is 2.72. The molecule has 1 aromatic carbocycles. The summed E-state index contributed by atoms with van der Waals surface area (Å²) in [7, 11) is 1.72. The van der Waals surface area contributed by atoms with Gasteiger partial charge in [-0.3, -0.25) is 4.99 Å². The first-order valence-electron chi connectivity index (χ1n) is 10.8. The van der Waals surface area contributed by atoms with Crippen LogP contribution in [0.15, 0.2) is 29.3 Å². The zero-order valence-electron chi connectivity index (χ0n) is 18.7. The van der Waals surface area contributed by atoms with Crippen LogP contribution in [0.2, 0.25) is 0 Å². The molecule has 2 rings (SSSR count). The Morgan fingerprint density at radius 1 is 1.29 bits per heavy atom. The van der Waals surface area contributed by atoms with Crippen molar-refractivity contribution in [2.24, 2.45) is 4.99 Å². The number of ether oxygens (including phenoxy) is 1. The van der Waals surface area contributed by atoms with Gasteiger partial charge in [-0.2, -0.15) is 13.2 Å². The second-order valence-corrected chi connectivity index (χ2v) is 7.83. The van der Waals surface area contributed by atoms with Crippen LogP contribution in [0.1, 0.15) is 50.2 Å². The van der Waals surface area contributed by atoms with Gasteiger partial charge in [0.2, 0.25) is 0 Å². The highest BCUT2D eigenvalue weighted by atomic mass is 127. The van der Waals surface area contributed by atoms with Crippen molar-refractivity contribution in [3.8, 4) is 0 Å². The molecule has 0 radical (unpaired) electrons. The topological polar surface area (TPSA) is 48.9 Å². The molecule has 1 aliphatic heterocycles. The largest absolute Gasteiger partial charge is 0.416 e. The lowest BCUT2D eigenvalue weighted by Gasteiger charge is -2.32. The van der Waals surface area contributed by atoms with Gasteiger partial charge in [0.1, 0.15) is 0 Å². The third kappa shape index (κ3) is 9.95. The van der Waals surface area contributed by atoms with E-state index in [-0.39, 0.29) is 29.9 Å². The molecule has 9 heteroatoms. The predicted octanol–water partition coefficient (Wildman–Crippen LogP) is 4.48. The number of alkyl halides is 3. The van der Waals surface area contributed by atoms with Gasteiger partial charge in [-0.15, -0.1) is 24.0 Å². The van der Waals surface area contributed by atoms with E-state index in [1.165, 1.54) is 12.1 Å². The lowest BCUT2D eigenvalue weighted by Crippen LogP contribution is -2.49. The molecule has 0 bridgehead atoms. The molecule has 0 aliphatic carbocycles. The first-order chi connectivity index (χ1) is 14.3. The minimum atomic E-state index is -4.31. The van der Waals surface area contributed by atoms with Crippen LogP contribution in [0.3, 0.4) is 0 Å². The predicted molar refractivity (Wildman–Crippen MR) is 130 cm³/mol. The second-order valence-electron chi connectivity index (χ2n) is 7.83. The van der Waals surface area contributed by atoms with E-state index in [1.807, 2.05) is 13.8 Å². The molecule has 31 heavy (non-hydrogen) atoms. The van der Waals surface area contributed by atoms with Crippen molar-refractivity contribution in [3.05, 3.63) is 35.4 Å². The van der Waals surface area contributed by atoms with Crippen LogP contribution >= 0.6 is 24.0 Å². The van der Waals surface area contributed by atoms with Gasteiger partial charge in [0.05, 0.1) is 12.2 Å². The summed E-state index contributed by atoms with van der Waals surface area (Å²) >= 11 is 0. The smallest absolute Gasteiger partial charge is 0.383 e. The van der Waals surface area contributed by atoms with Gasteiger partial charge in [-0.05, 0) is 43.7 Å². The number of hydrogen-bond acceptors (Lipinski definition) is 3. The molecule has 0 amide bonds. The minimum Gasteiger partial charge on any atom is -0.383 e. The summed E-state index contributed by atoms with van der Waals surface area (Å²) in [5.41, 5.74) is 0.101. The van der Waals surface area contributed by atoms with Gasteiger partial charge in [0.25, 0.3) is 0 Å². The maximum absolute atomic E-state index is 12.9. The van der Waals surface area contributed by atoms with E-state index in [9.17, 15) is 13.2 Å². The SMILES string of the molecule is CCNC(=NCCC(C)c1cccc(C(F)(F)F)c1)NC1CCN(CCOC)CC1.I. The summed E-state index contributed by atoms with van der Waals surface area (Å²) in [6, 6.07) is 5.96. The van der Waals surface area contributed by atoms with E-state index >= 15 is 0 Å². The molecule has 5 nitrogen and oxygen atoms in total. The molecule has 178 valence electrons.